The number of oxazole rings is 1. The zero-order valence-corrected chi connectivity index (χ0v) is 20.5. The van der Waals surface area contributed by atoms with E-state index < -0.39 is 11.7 Å². The molecule has 0 spiro atoms. The van der Waals surface area contributed by atoms with E-state index in [0.29, 0.717) is 35.0 Å². The lowest BCUT2D eigenvalue weighted by Crippen LogP contribution is -2.39. The fraction of sp³-hybridized carbons (Fsp3) is 0.280. The molecule has 1 saturated heterocycles. The van der Waals surface area contributed by atoms with Gasteiger partial charge in [-0.05, 0) is 61.7 Å². The highest BCUT2D eigenvalue weighted by Gasteiger charge is 2.20. The van der Waals surface area contributed by atoms with Crippen LogP contribution in [0.3, 0.4) is 0 Å². The predicted molar refractivity (Wildman–Crippen MR) is 137 cm³/mol. The van der Waals surface area contributed by atoms with Crippen molar-refractivity contribution in [3.63, 3.8) is 0 Å². The number of carbonyl (C=O) groups excluding carboxylic acids is 2. The molecule has 0 aliphatic carbocycles. The van der Waals surface area contributed by atoms with Crippen LogP contribution >= 0.6 is 11.3 Å². The van der Waals surface area contributed by atoms with Crippen molar-refractivity contribution in [2.75, 3.05) is 30.8 Å². The Morgan fingerprint density at radius 1 is 1.08 bits per heavy atom. The predicted octanol–water partition coefficient (Wildman–Crippen LogP) is 4.07. The number of hydrogen-bond donors (Lipinski definition) is 2. The molecule has 0 saturated carbocycles. The number of nitrogens with zero attached hydrogens (tertiary/aromatic N) is 3. The third kappa shape index (κ3) is 5.10. The van der Waals surface area contributed by atoms with Gasteiger partial charge in [0.25, 0.3) is 5.91 Å². The summed E-state index contributed by atoms with van der Waals surface area (Å²) in [5, 5.41) is 8.19. The monoisotopic (exact) mass is 507 g/mol. The van der Waals surface area contributed by atoms with Gasteiger partial charge in [-0.25, -0.2) is 9.78 Å². The molecule has 3 heterocycles. The van der Waals surface area contributed by atoms with Crippen LogP contribution in [0.2, 0.25) is 0 Å². The van der Waals surface area contributed by atoms with E-state index in [4.69, 9.17) is 9.15 Å². The van der Waals surface area contributed by atoms with Crippen molar-refractivity contribution in [1.29, 1.82) is 0 Å². The molecular formula is C25H25N5O5S. The highest BCUT2D eigenvalue weighted by atomic mass is 32.1. The maximum absolute atomic E-state index is 12.8. The van der Waals surface area contributed by atoms with Gasteiger partial charge >= 0.3 is 5.76 Å². The van der Waals surface area contributed by atoms with E-state index in [2.05, 4.69) is 15.6 Å². The number of rotatable bonds is 7. The van der Waals surface area contributed by atoms with Crippen molar-refractivity contribution >= 4 is 50.8 Å². The summed E-state index contributed by atoms with van der Waals surface area (Å²) in [6.07, 6.45) is 3.05. The largest absolute Gasteiger partial charge is 0.497 e. The fourth-order valence-corrected chi connectivity index (χ4v) is 4.81. The molecular weight excluding hydrogens is 482 g/mol. The van der Waals surface area contributed by atoms with Crippen LogP contribution in [0.5, 0.6) is 5.75 Å². The van der Waals surface area contributed by atoms with Gasteiger partial charge in [-0.15, -0.1) is 11.3 Å². The molecule has 1 aliphatic rings. The Morgan fingerprint density at radius 2 is 1.83 bits per heavy atom. The first kappa shape index (κ1) is 23.6. The molecule has 1 aliphatic heterocycles. The normalized spacial score (nSPS) is 13.5. The third-order valence-electron chi connectivity index (χ3n) is 6.01. The second-order valence-electron chi connectivity index (χ2n) is 8.42. The average Bonchev–Trinajstić information content (AvgIpc) is 3.49. The van der Waals surface area contributed by atoms with Gasteiger partial charge in [-0.2, -0.15) is 0 Å². The number of nitrogens with one attached hydrogen (secondary N) is 2. The van der Waals surface area contributed by atoms with Crippen LogP contribution < -0.4 is 21.1 Å². The molecule has 2 N–H and O–H groups in total. The van der Waals surface area contributed by atoms with Crippen LogP contribution in [0.1, 0.15) is 29.8 Å². The number of piperidine rings is 1. The molecule has 0 radical (unpaired) electrons. The fourth-order valence-electron chi connectivity index (χ4n) is 4.10. The van der Waals surface area contributed by atoms with E-state index in [1.807, 2.05) is 24.3 Å². The number of hydrogen-bond acceptors (Lipinski definition) is 8. The quantitative estimate of drug-likeness (QED) is 0.387. The first-order chi connectivity index (χ1) is 17.5. The minimum Gasteiger partial charge on any atom is -0.497 e. The van der Waals surface area contributed by atoms with Crippen LogP contribution in [0.4, 0.5) is 16.5 Å². The molecule has 5 rings (SSSR count). The van der Waals surface area contributed by atoms with Gasteiger partial charge in [0.15, 0.2) is 10.7 Å². The maximum Gasteiger partial charge on any atom is 0.420 e. The van der Waals surface area contributed by atoms with Crippen LogP contribution in [-0.2, 0) is 11.3 Å². The smallest absolute Gasteiger partial charge is 0.420 e. The van der Waals surface area contributed by atoms with Gasteiger partial charge in [0.2, 0.25) is 5.91 Å². The second-order valence-corrected chi connectivity index (χ2v) is 9.28. The lowest BCUT2D eigenvalue weighted by molar-refractivity contribution is -0.132. The van der Waals surface area contributed by atoms with Gasteiger partial charge in [0.05, 0.1) is 12.6 Å². The summed E-state index contributed by atoms with van der Waals surface area (Å²) in [6.45, 7) is 1.30. The molecule has 4 aromatic rings. The van der Waals surface area contributed by atoms with E-state index >= 15 is 0 Å². The summed E-state index contributed by atoms with van der Waals surface area (Å²) in [6, 6.07) is 12.2. The molecule has 2 amide bonds. The van der Waals surface area contributed by atoms with Crippen LogP contribution in [0.15, 0.2) is 57.1 Å². The first-order valence-electron chi connectivity index (χ1n) is 11.6. The van der Waals surface area contributed by atoms with Crippen molar-refractivity contribution in [2.24, 2.45) is 0 Å². The Kier molecular flexibility index (Phi) is 6.72. The summed E-state index contributed by atoms with van der Waals surface area (Å²) in [4.78, 5) is 44.1. The van der Waals surface area contributed by atoms with Crippen LogP contribution in [-0.4, -0.2) is 46.5 Å². The van der Waals surface area contributed by atoms with Gasteiger partial charge in [0, 0.05) is 29.8 Å². The topological polar surface area (TPSA) is 119 Å². The van der Waals surface area contributed by atoms with E-state index in [1.54, 1.807) is 35.6 Å². The lowest BCUT2D eigenvalue weighted by atomic mass is 10.1. The standard InChI is InChI=1S/C25H25N5O5S/c1-34-18-8-5-16(6-9-18)27-24-28-19(15-36-24)23(32)26-17-7-10-21-20(13-17)30(25(33)35-21)14-22(31)29-11-3-2-4-12-29/h5-10,13,15H,2-4,11-12,14H2,1H3,(H,26,32)(H,27,28). The molecule has 0 bridgehead atoms. The Hall–Kier alpha value is -4.12. The molecule has 36 heavy (non-hydrogen) atoms. The highest BCUT2D eigenvalue weighted by Crippen LogP contribution is 2.24. The molecule has 0 unspecified atom stereocenters. The Bertz CT molecular complexity index is 1450. The number of benzene rings is 2. The second kappa shape index (κ2) is 10.2. The summed E-state index contributed by atoms with van der Waals surface area (Å²) >= 11 is 1.30. The minimum absolute atomic E-state index is 0.101. The Morgan fingerprint density at radius 3 is 2.58 bits per heavy atom. The van der Waals surface area contributed by atoms with E-state index in [1.165, 1.54) is 15.9 Å². The number of ether oxygens (including phenoxy) is 1. The number of fused-ring (bicyclic) bond motifs is 1. The summed E-state index contributed by atoms with van der Waals surface area (Å²) in [5.41, 5.74) is 2.33. The lowest BCUT2D eigenvalue weighted by Gasteiger charge is -2.26. The number of anilines is 3. The number of likely N-dealkylation sites (tertiary alicyclic amines) is 1. The molecule has 186 valence electrons. The average molecular weight is 508 g/mol. The summed E-state index contributed by atoms with van der Waals surface area (Å²) in [5.74, 6) is -0.369. The van der Waals surface area contributed by atoms with Crippen molar-refractivity contribution in [2.45, 2.75) is 25.8 Å². The first-order valence-corrected chi connectivity index (χ1v) is 12.5. The van der Waals surface area contributed by atoms with E-state index in [9.17, 15) is 14.4 Å². The van der Waals surface area contributed by atoms with Crippen LogP contribution in [0, 0.1) is 0 Å². The van der Waals surface area contributed by atoms with E-state index in [0.717, 1.165) is 30.7 Å². The van der Waals surface area contributed by atoms with E-state index in [-0.39, 0.29) is 18.1 Å². The van der Waals surface area contributed by atoms with Crippen molar-refractivity contribution < 1.29 is 18.7 Å². The molecule has 2 aromatic carbocycles. The Labute approximate surface area is 210 Å². The zero-order chi connectivity index (χ0) is 25.1. The summed E-state index contributed by atoms with van der Waals surface area (Å²) < 4.78 is 11.8. The van der Waals surface area contributed by atoms with Gasteiger partial charge in [-0.3, -0.25) is 14.2 Å². The van der Waals surface area contributed by atoms with Crippen molar-refractivity contribution in [3.05, 3.63) is 64.1 Å². The molecule has 10 nitrogen and oxygen atoms in total. The molecule has 0 atom stereocenters. The van der Waals surface area contributed by atoms with Gasteiger partial charge in [0.1, 0.15) is 18.0 Å². The zero-order valence-electron chi connectivity index (χ0n) is 19.7. The molecule has 1 fully saturated rings. The minimum atomic E-state index is -0.604. The maximum atomic E-state index is 12.8. The third-order valence-corrected chi connectivity index (χ3v) is 6.76. The van der Waals surface area contributed by atoms with Crippen molar-refractivity contribution in [1.82, 2.24) is 14.5 Å². The molecule has 11 heteroatoms. The summed E-state index contributed by atoms with van der Waals surface area (Å²) in [7, 11) is 1.60. The SMILES string of the molecule is COc1ccc(Nc2nc(C(=O)Nc3ccc4oc(=O)n(CC(=O)N5CCCCC5)c4c3)cs2)cc1. The number of methoxy groups -OCH3 is 1. The van der Waals surface area contributed by atoms with Crippen molar-refractivity contribution in [3.8, 4) is 5.75 Å². The molecule has 2 aromatic heterocycles. The number of thiazole rings is 1. The number of amides is 2. The number of aromatic nitrogens is 2. The van der Waals surface area contributed by atoms with Gasteiger partial charge in [-0.1, -0.05) is 0 Å². The van der Waals surface area contributed by atoms with Gasteiger partial charge < -0.3 is 24.7 Å². The van der Waals surface area contributed by atoms with Crippen LogP contribution in [0.25, 0.3) is 11.1 Å². The Balaban J connectivity index is 1.29. The number of carbonyl (C=O) groups is 2. The highest BCUT2D eigenvalue weighted by molar-refractivity contribution is 7.14.